The van der Waals surface area contributed by atoms with Crippen molar-refractivity contribution in [1.82, 2.24) is 4.98 Å². The predicted octanol–water partition coefficient (Wildman–Crippen LogP) is 3.55. The second kappa shape index (κ2) is 4.83. The van der Waals surface area contributed by atoms with Gasteiger partial charge in [0.05, 0.1) is 16.2 Å². The van der Waals surface area contributed by atoms with Gasteiger partial charge in [-0.25, -0.2) is 13.8 Å². The van der Waals surface area contributed by atoms with Gasteiger partial charge >= 0.3 is 6.36 Å². The zero-order chi connectivity index (χ0) is 13.2. The van der Waals surface area contributed by atoms with E-state index >= 15 is 0 Å². The van der Waals surface area contributed by atoms with Crippen LogP contribution in [0.4, 0.5) is 22.0 Å². The van der Waals surface area contributed by atoms with Crippen molar-refractivity contribution in [2.45, 2.75) is 12.8 Å². The highest BCUT2D eigenvalue weighted by Gasteiger charge is 2.33. The monoisotopic (exact) mass is 316 g/mol. The van der Waals surface area contributed by atoms with Crippen molar-refractivity contribution < 1.29 is 26.7 Å². The number of ether oxygens (including phenoxy) is 1. The third kappa shape index (κ3) is 3.26. The van der Waals surface area contributed by atoms with Crippen molar-refractivity contribution in [3.63, 3.8) is 0 Å². The van der Waals surface area contributed by atoms with E-state index in [0.717, 1.165) is 0 Å². The lowest BCUT2D eigenvalue weighted by Crippen LogP contribution is -2.18. The molecule has 0 saturated carbocycles. The summed E-state index contributed by atoms with van der Waals surface area (Å²) in [6, 6.07) is 1.33. The number of nitrogens with zero attached hydrogens (tertiary/aromatic N) is 2. The van der Waals surface area contributed by atoms with Crippen molar-refractivity contribution in [2.75, 3.05) is 0 Å². The summed E-state index contributed by atoms with van der Waals surface area (Å²) < 4.78 is 63.5. The maximum atomic E-state index is 12.4. The smallest absolute Gasteiger partial charge is 0.403 e. The second-order valence-corrected chi connectivity index (χ2v) is 3.45. The van der Waals surface area contributed by atoms with E-state index < -0.39 is 34.3 Å². The average Bonchev–Trinajstić information content (AvgIpc) is 2.18. The van der Waals surface area contributed by atoms with Crippen LogP contribution in [0.5, 0.6) is 5.75 Å². The Hall–Kier alpha value is -1.43. The SMILES string of the molecule is N#Cc1c(C(F)F)ncc(OC(F)(F)F)c1Br. The fraction of sp³-hybridized carbons (Fsp3) is 0.250. The quantitative estimate of drug-likeness (QED) is 0.784. The van der Waals surface area contributed by atoms with E-state index in [1.807, 2.05) is 0 Å². The molecule has 9 heteroatoms. The lowest BCUT2D eigenvalue weighted by Gasteiger charge is -2.12. The summed E-state index contributed by atoms with van der Waals surface area (Å²) in [5.74, 6) is -0.849. The summed E-state index contributed by atoms with van der Waals surface area (Å²) in [6.45, 7) is 0. The first-order valence-corrected chi connectivity index (χ1v) is 4.68. The zero-order valence-electron chi connectivity index (χ0n) is 7.73. The number of aromatic nitrogens is 1. The van der Waals surface area contributed by atoms with E-state index in [1.165, 1.54) is 6.07 Å². The van der Waals surface area contributed by atoms with Crippen molar-refractivity contribution in [3.05, 3.63) is 21.9 Å². The zero-order valence-corrected chi connectivity index (χ0v) is 9.31. The molecule has 1 rings (SSSR count). The van der Waals surface area contributed by atoms with Gasteiger partial charge in [-0.05, 0) is 15.9 Å². The molecule has 0 aliphatic carbocycles. The Bertz CT molecular complexity index is 468. The van der Waals surface area contributed by atoms with Crippen LogP contribution in [0, 0.1) is 11.3 Å². The van der Waals surface area contributed by atoms with E-state index in [9.17, 15) is 22.0 Å². The fourth-order valence-electron chi connectivity index (χ4n) is 0.953. The molecule has 1 aromatic rings. The number of rotatable bonds is 2. The first kappa shape index (κ1) is 13.6. The Morgan fingerprint density at radius 2 is 2.00 bits per heavy atom. The summed E-state index contributed by atoms with van der Waals surface area (Å²) >= 11 is 2.59. The van der Waals surface area contributed by atoms with Crippen LogP contribution in [0.3, 0.4) is 0 Å². The van der Waals surface area contributed by atoms with Gasteiger partial charge < -0.3 is 4.74 Å². The maximum Gasteiger partial charge on any atom is 0.573 e. The topological polar surface area (TPSA) is 45.9 Å². The van der Waals surface area contributed by atoms with Gasteiger partial charge in [-0.2, -0.15) is 5.26 Å². The molecule has 17 heavy (non-hydrogen) atoms. The predicted molar refractivity (Wildman–Crippen MR) is 48.3 cm³/mol. The first-order valence-electron chi connectivity index (χ1n) is 3.88. The Kier molecular flexibility index (Phi) is 3.87. The van der Waals surface area contributed by atoms with Gasteiger partial charge in [0.1, 0.15) is 11.8 Å². The minimum Gasteiger partial charge on any atom is -0.403 e. The van der Waals surface area contributed by atoms with Crippen molar-refractivity contribution >= 4 is 15.9 Å². The Morgan fingerprint density at radius 1 is 1.41 bits per heavy atom. The van der Waals surface area contributed by atoms with Gasteiger partial charge in [0.25, 0.3) is 6.43 Å². The molecule has 0 atom stereocenters. The molecule has 0 N–H and O–H groups in total. The van der Waals surface area contributed by atoms with Gasteiger partial charge in [0, 0.05) is 0 Å². The summed E-state index contributed by atoms with van der Waals surface area (Å²) in [5, 5.41) is 8.58. The fourth-order valence-corrected chi connectivity index (χ4v) is 1.43. The number of nitriles is 1. The first-order chi connectivity index (χ1) is 7.76. The van der Waals surface area contributed by atoms with Crippen LogP contribution in [-0.2, 0) is 0 Å². The van der Waals surface area contributed by atoms with Crippen LogP contribution in [0.1, 0.15) is 17.7 Å². The van der Waals surface area contributed by atoms with Crippen LogP contribution in [0.15, 0.2) is 10.7 Å². The van der Waals surface area contributed by atoms with Crippen LogP contribution in [0.2, 0.25) is 0 Å². The Balaban J connectivity index is 3.27. The van der Waals surface area contributed by atoms with E-state index in [2.05, 4.69) is 25.7 Å². The van der Waals surface area contributed by atoms with Crippen molar-refractivity contribution in [3.8, 4) is 11.8 Å². The second-order valence-electron chi connectivity index (χ2n) is 2.66. The van der Waals surface area contributed by atoms with Crippen LogP contribution >= 0.6 is 15.9 Å². The van der Waals surface area contributed by atoms with Gasteiger partial charge in [-0.15, -0.1) is 13.2 Å². The lowest BCUT2D eigenvalue weighted by atomic mass is 10.2. The molecule has 0 aromatic carbocycles. The molecule has 0 aliphatic rings. The highest BCUT2D eigenvalue weighted by atomic mass is 79.9. The Labute approximate surface area is 99.9 Å². The highest BCUT2D eigenvalue weighted by molar-refractivity contribution is 9.10. The van der Waals surface area contributed by atoms with Gasteiger partial charge in [-0.3, -0.25) is 0 Å². The number of halogens is 6. The number of pyridine rings is 1. The molecule has 0 aliphatic heterocycles. The molecule has 0 spiro atoms. The summed E-state index contributed by atoms with van der Waals surface area (Å²) in [7, 11) is 0. The van der Waals surface area contributed by atoms with Gasteiger partial charge in [0.2, 0.25) is 0 Å². The molecule has 1 heterocycles. The molecule has 0 amide bonds. The molecule has 92 valence electrons. The van der Waals surface area contributed by atoms with Crippen LogP contribution in [-0.4, -0.2) is 11.3 Å². The summed E-state index contributed by atoms with van der Waals surface area (Å²) in [6.07, 6.45) is -7.59. The molecule has 3 nitrogen and oxygen atoms in total. The standard InChI is InChI=1S/C8H2BrF5N2O/c9-5-3(1-15)6(7(10)11)16-2-4(5)17-8(12,13)14/h2,7H. The molecule has 0 bridgehead atoms. The third-order valence-corrected chi connectivity index (χ3v) is 2.34. The normalized spacial score (nSPS) is 11.4. The van der Waals surface area contributed by atoms with Crippen molar-refractivity contribution in [1.29, 1.82) is 5.26 Å². The summed E-state index contributed by atoms with van der Waals surface area (Å²) in [5.41, 5.74) is -1.60. The van der Waals surface area contributed by atoms with Crippen molar-refractivity contribution in [2.24, 2.45) is 0 Å². The van der Waals surface area contributed by atoms with Gasteiger partial charge in [-0.1, -0.05) is 0 Å². The Morgan fingerprint density at radius 3 is 2.41 bits per heavy atom. The number of hydrogen-bond donors (Lipinski definition) is 0. The molecule has 0 radical (unpaired) electrons. The molecular weight excluding hydrogens is 315 g/mol. The minimum absolute atomic E-state index is 0.472. The van der Waals surface area contributed by atoms with Crippen LogP contribution in [0.25, 0.3) is 0 Å². The lowest BCUT2D eigenvalue weighted by molar-refractivity contribution is -0.275. The number of hydrogen-bond acceptors (Lipinski definition) is 3. The van der Waals surface area contributed by atoms with Gasteiger partial charge in [0.15, 0.2) is 5.75 Å². The highest BCUT2D eigenvalue weighted by Crippen LogP contribution is 2.35. The molecule has 0 unspecified atom stereocenters. The van der Waals surface area contributed by atoms with E-state index in [1.54, 1.807) is 0 Å². The third-order valence-electron chi connectivity index (χ3n) is 1.56. The minimum atomic E-state index is -5.00. The maximum absolute atomic E-state index is 12.4. The molecular formula is C8H2BrF5N2O. The molecule has 0 saturated heterocycles. The largest absolute Gasteiger partial charge is 0.573 e. The summed E-state index contributed by atoms with van der Waals surface area (Å²) in [4.78, 5) is 3.07. The molecule has 1 aromatic heterocycles. The van der Waals surface area contributed by atoms with E-state index in [-0.39, 0.29) is 0 Å². The average molecular weight is 317 g/mol. The number of alkyl halides is 5. The molecule has 0 fully saturated rings. The van der Waals surface area contributed by atoms with Crippen LogP contribution < -0.4 is 4.74 Å². The van der Waals surface area contributed by atoms with E-state index in [0.29, 0.717) is 6.20 Å². The van der Waals surface area contributed by atoms with E-state index in [4.69, 9.17) is 5.26 Å².